The molecule has 0 aliphatic heterocycles. The monoisotopic (exact) mass is 334 g/mol. The summed E-state index contributed by atoms with van der Waals surface area (Å²) >= 11 is 0. The van der Waals surface area contributed by atoms with Gasteiger partial charge in [0, 0.05) is 36.6 Å². The van der Waals surface area contributed by atoms with Crippen LogP contribution in [0.5, 0.6) is 5.75 Å². The smallest absolute Gasteiger partial charge is 0.223 e. The summed E-state index contributed by atoms with van der Waals surface area (Å²) in [5.74, 6) is 1.04. The number of carbonyl (C=O) groups is 1. The van der Waals surface area contributed by atoms with E-state index in [9.17, 15) is 4.79 Å². The average Bonchev–Trinajstić information content (AvgIpc) is 3.20. The average molecular weight is 334 g/mol. The first-order valence-electron chi connectivity index (χ1n) is 8.66. The Bertz CT molecular complexity index is 928. The second-order valence-electron chi connectivity index (χ2n) is 6.66. The van der Waals surface area contributed by atoms with Gasteiger partial charge in [-0.05, 0) is 42.2 Å². The fraction of sp³-hybridized carbons (Fsp3) is 0.286. The minimum atomic E-state index is 0.0412. The first-order chi connectivity index (χ1) is 12.2. The van der Waals surface area contributed by atoms with Crippen LogP contribution in [0.4, 0.5) is 0 Å². The number of nitrogens with one attached hydrogen (secondary N) is 1. The van der Waals surface area contributed by atoms with Gasteiger partial charge in [0.05, 0.1) is 0 Å². The van der Waals surface area contributed by atoms with E-state index in [0.717, 1.165) is 24.2 Å². The number of aromatic nitrogens is 1. The number of aryl methyl sites for hydroxylation is 1. The first kappa shape index (κ1) is 15.8. The Morgan fingerprint density at radius 2 is 2.00 bits per heavy atom. The lowest BCUT2D eigenvalue weighted by Gasteiger charge is -2.10. The molecule has 4 rings (SSSR count). The van der Waals surface area contributed by atoms with Crippen molar-refractivity contribution >= 4 is 16.8 Å². The number of rotatable bonds is 4. The van der Waals surface area contributed by atoms with Crippen LogP contribution in [0, 0.1) is 5.92 Å². The molecule has 2 aromatic carbocycles. The van der Waals surface area contributed by atoms with E-state index in [0.29, 0.717) is 6.61 Å². The predicted octanol–water partition coefficient (Wildman–Crippen LogP) is 3.22. The van der Waals surface area contributed by atoms with Crippen molar-refractivity contribution in [2.75, 3.05) is 7.05 Å². The summed E-state index contributed by atoms with van der Waals surface area (Å²) in [6, 6.07) is 16.4. The maximum atomic E-state index is 12.0. The van der Waals surface area contributed by atoms with Gasteiger partial charge in [-0.2, -0.15) is 0 Å². The minimum absolute atomic E-state index is 0.0412. The lowest BCUT2D eigenvalue weighted by Crippen LogP contribution is -2.27. The summed E-state index contributed by atoms with van der Waals surface area (Å²) in [4.78, 5) is 12.0. The molecule has 0 bridgehead atoms. The number of ether oxygens (including phenoxy) is 1. The lowest BCUT2D eigenvalue weighted by molar-refractivity contribution is -0.124. The Hall–Kier alpha value is -2.75. The van der Waals surface area contributed by atoms with Crippen molar-refractivity contribution < 1.29 is 9.53 Å². The number of hydrogen-bond donors (Lipinski definition) is 1. The van der Waals surface area contributed by atoms with Crippen molar-refractivity contribution in [1.29, 1.82) is 0 Å². The fourth-order valence-corrected chi connectivity index (χ4v) is 3.81. The zero-order valence-electron chi connectivity index (χ0n) is 14.6. The van der Waals surface area contributed by atoms with Gasteiger partial charge in [-0.1, -0.05) is 30.3 Å². The highest BCUT2D eigenvalue weighted by molar-refractivity contribution is 5.90. The van der Waals surface area contributed by atoms with Gasteiger partial charge in [0.15, 0.2) is 0 Å². The quantitative estimate of drug-likeness (QED) is 0.796. The van der Waals surface area contributed by atoms with Gasteiger partial charge in [-0.3, -0.25) is 4.79 Å². The highest BCUT2D eigenvalue weighted by Gasteiger charge is 2.31. The van der Waals surface area contributed by atoms with Gasteiger partial charge < -0.3 is 14.6 Å². The highest BCUT2D eigenvalue weighted by atomic mass is 16.5. The molecule has 0 radical (unpaired) electrons. The van der Waals surface area contributed by atoms with Crippen molar-refractivity contribution in [3.63, 3.8) is 0 Å². The summed E-state index contributed by atoms with van der Waals surface area (Å²) in [5, 5.41) is 3.98. The van der Waals surface area contributed by atoms with E-state index in [1.54, 1.807) is 7.05 Å². The van der Waals surface area contributed by atoms with E-state index in [2.05, 4.69) is 41.2 Å². The standard InChI is InChI=1S/C21H22N2O2/c1-22-21(24)15-10-17-18-12-16(25-13-14-6-4-3-5-7-14)8-9-19(18)23(2)20(17)11-15/h3-9,12,15H,10-11,13H2,1-2H3,(H,22,24). The van der Waals surface area contributed by atoms with Crippen LogP contribution < -0.4 is 10.1 Å². The number of amides is 1. The maximum Gasteiger partial charge on any atom is 0.223 e. The molecule has 4 nitrogen and oxygen atoms in total. The van der Waals surface area contributed by atoms with Gasteiger partial charge in [-0.25, -0.2) is 0 Å². The molecule has 1 atom stereocenters. The van der Waals surface area contributed by atoms with Gasteiger partial charge >= 0.3 is 0 Å². The number of hydrogen-bond acceptors (Lipinski definition) is 2. The zero-order valence-corrected chi connectivity index (χ0v) is 14.6. The van der Waals surface area contributed by atoms with Crippen LogP contribution >= 0.6 is 0 Å². The Balaban J connectivity index is 1.62. The topological polar surface area (TPSA) is 43.3 Å². The highest BCUT2D eigenvalue weighted by Crippen LogP contribution is 2.36. The van der Waals surface area contributed by atoms with E-state index in [1.165, 1.54) is 22.2 Å². The number of benzene rings is 2. The van der Waals surface area contributed by atoms with Crippen LogP contribution in [-0.4, -0.2) is 17.5 Å². The van der Waals surface area contributed by atoms with E-state index in [1.807, 2.05) is 24.3 Å². The number of carbonyl (C=O) groups excluding carboxylic acids is 1. The predicted molar refractivity (Wildman–Crippen MR) is 98.7 cm³/mol. The van der Waals surface area contributed by atoms with Crippen LogP contribution in [0.1, 0.15) is 16.8 Å². The van der Waals surface area contributed by atoms with Gasteiger partial charge in [0.1, 0.15) is 12.4 Å². The van der Waals surface area contributed by atoms with E-state index >= 15 is 0 Å². The number of fused-ring (bicyclic) bond motifs is 3. The Labute approximate surface area is 147 Å². The molecule has 25 heavy (non-hydrogen) atoms. The maximum absolute atomic E-state index is 12.0. The second-order valence-corrected chi connectivity index (χ2v) is 6.66. The molecule has 1 unspecified atom stereocenters. The van der Waals surface area contributed by atoms with Crippen molar-refractivity contribution in [3.05, 3.63) is 65.4 Å². The Morgan fingerprint density at radius 1 is 1.20 bits per heavy atom. The van der Waals surface area contributed by atoms with E-state index < -0.39 is 0 Å². The van der Waals surface area contributed by atoms with Crippen LogP contribution in [0.3, 0.4) is 0 Å². The van der Waals surface area contributed by atoms with Crippen molar-refractivity contribution in [2.45, 2.75) is 19.4 Å². The second kappa shape index (κ2) is 6.28. The summed E-state index contributed by atoms with van der Waals surface area (Å²) in [6.45, 7) is 0.558. The van der Waals surface area contributed by atoms with Crippen molar-refractivity contribution in [1.82, 2.24) is 9.88 Å². The normalized spacial score (nSPS) is 16.0. The van der Waals surface area contributed by atoms with Crippen molar-refractivity contribution in [2.24, 2.45) is 13.0 Å². The van der Waals surface area contributed by atoms with Crippen LogP contribution in [0.25, 0.3) is 10.9 Å². The lowest BCUT2D eigenvalue weighted by atomic mass is 10.0. The molecule has 1 aromatic heterocycles. The molecular formula is C21H22N2O2. The third kappa shape index (κ3) is 2.78. The summed E-state index contributed by atoms with van der Waals surface area (Å²) < 4.78 is 8.19. The molecule has 1 aliphatic carbocycles. The summed E-state index contributed by atoms with van der Waals surface area (Å²) in [7, 11) is 3.79. The zero-order chi connectivity index (χ0) is 17.4. The molecule has 0 fully saturated rings. The van der Waals surface area contributed by atoms with Crippen LogP contribution in [0.2, 0.25) is 0 Å². The summed E-state index contributed by atoms with van der Waals surface area (Å²) in [5.41, 5.74) is 4.91. The van der Waals surface area contributed by atoms with E-state index in [-0.39, 0.29) is 11.8 Å². The molecule has 1 amide bonds. The Kier molecular flexibility index (Phi) is 3.96. The Morgan fingerprint density at radius 3 is 2.76 bits per heavy atom. The molecule has 0 saturated heterocycles. The minimum Gasteiger partial charge on any atom is -0.489 e. The van der Waals surface area contributed by atoms with Crippen LogP contribution in [0.15, 0.2) is 48.5 Å². The third-order valence-corrected chi connectivity index (χ3v) is 5.16. The molecule has 1 N–H and O–H groups in total. The largest absolute Gasteiger partial charge is 0.489 e. The molecule has 0 spiro atoms. The van der Waals surface area contributed by atoms with Gasteiger partial charge in [0.25, 0.3) is 0 Å². The molecule has 128 valence electrons. The SMILES string of the molecule is CNC(=O)C1Cc2c(n(C)c3ccc(OCc4ccccc4)cc23)C1. The van der Waals surface area contributed by atoms with Gasteiger partial charge in [-0.15, -0.1) is 0 Å². The molecule has 4 heteroatoms. The fourth-order valence-electron chi connectivity index (χ4n) is 3.81. The molecule has 1 heterocycles. The first-order valence-corrected chi connectivity index (χ1v) is 8.66. The van der Waals surface area contributed by atoms with E-state index in [4.69, 9.17) is 4.74 Å². The number of nitrogens with zero attached hydrogens (tertiary/aromatic N) is 1. The molecule has 1 aliphatic rings. The van der Waals surface area contributed by atoms with Gasteiger partial charge in [0.2, 0.25) is 5.91 Å². The third-order valence-electron chi connectivity index (χ3n) is 5.16. The molecule has 0 saturated carbocycles. The van der Waals surface area contributed by atoms with Crippen LogP contribution in [-0.2, 0) is 31.3 Å². The van der Waals surface area contributed by atoms with Crippen molar-refractivity contribution in [3.8, 4) is 5.75 Å². The summed E-state index contributed by atoms with van der Waals surface area (Å²) in [6.07, 6.45) is 1.61. The molecular weight excluding hydrogens is 312 g/mol. The molecule has 3 aromatic rings.